The van der Waals surface area contributed by atoms with Crippen LogP contribution in [0, 0.1) is 5.92 Å². The van der Waals surface area contributed by atoms with Crippen LogP contribution in [0.25, 0.3) is 0 Å². The summed E-state index contributed by atoms with van der Waals surface area (Å²) in [5, 5.41) is 12.9. The van der Waals surface area contributed by atoms with Gasteiger partial charge in [-0.05, 0) is 6.92 Å². The average Bonchev–Trinajstić information content (AvgIpc) is 2.75. The maximum Gasteiger partial charge on any atom is 0.325 e. The summed E-state index contributed by atoms with van der Waals surface area (Å²) >= 11 is 1.22. The van der Waals surface area contributed by atoms with Gasteiger partial charge in [0.1, 0.15) is 18.2 Å². The van der Waals surface area contributed by atoms with E-state index in [4.69, 9.17) is 5.11 Å². The zero-order chi connectivity index (χ0) is 13.5. The third kappa shape index (κ3) is 4.42. The van der Waals surface area contributed by atoms with Gasteiger partial charge in [-0.1, -0.05) is 0 Å². The summed E-state index contributed by atoms with van der Waals surface area (Å²) in [6, 6.07) is 0. The van der Waals surface area contributed by atoms with Crippen molar-refractivity contribution in [2.24, 2.45) is 10.9 Å². The third-order valence-corrected chi connectivity index (χ3v) is 2.55. The van der Waals surface area contributed by atoms with E-state index in [2.05, 4.69) is 15.3 Å². The highest BCUT2D eigenvalue weighted by atomic mass is 32.1. The summed E-state index contributed by atoms with van der Waals surface area (Å²) in [6.45, 7) is 0.757. The first-order chi connectivity index (χ1) is 8.50. The zero-order valence-corrected chi connectivity index (χ0v) is 10.3. The molecule has 0 unspecified atom stereocenters. The number of hydrogen-bond donors (Lipinski definition) is 2. The minimum absolute atomic E-state index is 0.373. The van der Waals surface area contributed by atoms with Crippen molar-refractivity contribution in [2.45, 2.75) is 6.92 Å². The van der Waals surface area contributed by atoms with E-state index in [9.17, 15) is 14.4 Å². The number of hydrogen-bond acceptors (Lipinski definition) is 6. The van der Waals surface area contributed by atoms with Crippen molar-refractivity contribution in [1.29, 1.82) is 0 Å². The lowest BCUT2D eigenvalue weighted by molar-refractivity contribution is -0.135. The molecule has 0 aliphatic heterocycles. The molecule has 1 rings (SSSR count). The molecular formula is C10H11N3O4S. The number of carbonyl (C=O) groups is 3. The van der Waals surface area contributed by atoms with Gasteiger partial charge in [-0.2, -0.15) is 0 Å². The molecule has 0 aromatic carbocycles. The highest BCUT2D eigenvalue weighted by Gasteiger charge is 2.21. The van der Waals surface area contributed by atoms with Crippen molar-refractivity contribution in [3.63, 3.8) is 0 Å². The fourth-order valence-electron chi connectivity index (χ4n) is 1.06. The van der Waals surface area contributed by atoms with Crippen LogP contribution in [0.15, 0.2) is 16.6 Å². The molecule has 96 valence electrons. The van der Waals surface area contributed by atoms with Gasteiger partial charge >= 0.3 is 5.97 Å². The Labute approximate surface area is 107 Å². The molecule has 1 aromatic rings. The maximum absolute atomic E-state index is 11.7. The molecule has 1 atom stereocenters. The number of amides is 1. The Morgan fingerprint density at radius 2 is 2.33 bits per heavy atom. The first-order valence-corrected chi connectivity index (χ1v) is 5.81. The number of carbonyl (C=O) groups excluding carboxylic acids is 2. The molecule has 0 bridgehead atoms. The van der Waals surface area contributed by atoms with Crippen LogP contribution in [-0.4, -0.2) is 40.5 Å². The lowest BCUT2D eigenvalue weighted by Gasteiger charge is -2.07. The number of ketones is 1. The third-order valence-electron chi connectivity index (χ3n) is 1.86. The van der Waals surface area contributed by atoms with Crippen molar-refractivity contribution in [3.8, 4) is 0 Å². The molecule has 0 radical (unpaired) electrons. The average molecular weight is 269 g/mol. The fourth-order valence-corrected chi connectivity index (χ4v) is 1.59. The molecule has 0 saturated heterocycles. The molecule has 0 aliphatic rings. The van der Waals surface area contributed by atoms with E-state index in [1.54, 1.807) is 5.38 Å². The number of aliphatic carboxylic acids is 1. The summed E-state index contributed by atoms with van der Waals surface area (Å²) in [4.78, 5) is 40.6. The lowest BCUT2D eigenvalue weighted by atomic mass is 10.1. The van der Waals surface area contributed by atoms with Crippen molar-refractivity contribution in [2.75, 3.05) is 11.9 Å². The van der Waals surface area contributed by atoms with E-state index in [1.165, 1.54) is 24.5 Å². The molecule has 2 N–H and O–H groups in total. The standard InChI is InChI=1S/C10H11N3O4S/c1-6(14)7(4-11-5-8(15)16)9(17)13-10-12-2-3-18-10/h2-4,7H,5H2,1H3,(H,15,16)(H,12,13,17)/t7-/m0/s1. The molecule has 8 heteroatoms. The van der Waals surface area contributed by atoms with Crippen molar-refractivity contribution in [3.05, 3.63) is 11.6 Å². The number of aromatic nitrogens is 1. The van der Waals surface area contributed by atoms with E-state index in [0.717, 1.165) is 6.21 Å². The second kappa shape index (κ2) is 6.60. The van der Waals surface area contributed by atoms with Gasteiger partial charge in [-0.25, -0.2) is 4.98 Å². The van der Waals surface area contributed by atoms with Crippen molar-refractivity contribution in [1.82, 2.24) is 4.98 Å². The number of thiazole rings is 1. The lowest BCUT2D eigenvalue weighted by Crippen LogP contribution is -2.29. The van der Waals surface area contributed by atoms with Crippen molar-refractivity contribution < 1.29 is 19.5 Å². The summed E-state index contributed by atoms with van der Waals surface area (Å²) in [5.74, 6) is -3.23. The van der Waals surface area contributed by atoms with Crippen LogP contribution in [-0.2, 0) is 14.4 Å². The number of Topliss-reactive ketones (excluding diaryl/α,β-unsaturated/α-hetero) is 1. The van der Waals surface area contributed by atoms with Crippen LogP contribution in [0.1, 0.15) is 6.92 Å². The highest BCUT2D eigenvalue weighted by Crippen LogP contribution is 2.11. The highest BCUT2D eigenvalue weighted by molar-refractivity contribution is 7.13. The van der Waals surface area contributed by atoms with Crippen LogP contribution >= 0.6 is 11.3 Å². The Bertz CT molecular complexity index is 469. The first kappa shape index (κ1) is 14.0. The molecule has 7 nitrogen and oxygen atoms in total. The number of nitrogens with zero attached hydrogens (tertiary/aromatic N) is 2. The SMILES string of the molecule is CC(=O)[C@H](C=NCC(=O)O)C(=O)Nc1nccs1. The predicted octanol–water partition coefficient (Wildman–Crippen LogP) is 0.442. The van der Waals surface area contributed by atoms with Gasteiger partial charge in [0, 0.05) is 17.8 Å². The zero-order valence-electron chi connectivity index (χ0n) is 9.49. The van der Waals surface area contributed by atoms with Gasteiger partial charge in [0.15, 0.2) is 5.13 Å². The molecule has 1 aromatic heterocycles. The maximum atomic E-state index is 11.7. The summed E-state index contributed by atoms with van der Waals surface area (Å²) in [5.41, 5.74) is 0. The monoisotopic (exact) mass is 269 g/mol. The molecular weight excluding hydrogens is 258 g/mol. The Morgan fingerprint density at radius 3 is 2.83 bits per heavy atom. The van der Waals surface area contributed by atoms with E-state index < -0.39 is 30.1 Å². The minimum atomic E-state index is -1.13. The fraction of sp³-hybridized carbons (Fsp3) is 0.300. The van der Waals surface area contributed by atoms with Crippen LogP contribution < -0.4 is 5.32 Å². The van der Waals surface area contributed by atoms with E-state index >= 15 is 0 Å². The molecule has 1 heterocycles. The summed E-state index contributed by atoms with van der Waals surface area (Å²) in [6.07, 6.45) is 2.56. The van der Waals surface area contributed by atoms with Crippen LogP contribution in [0.3, 0.4) is 0 Å². The van der Waals surface area contributed by atoms with E-state index in [-0.39, 0.29) is 0 Å². The molecule has 1 amide bonds. The predicted molar refractivity (Wildman–Crippen MR) is 65.9 cm³/mol. The Balaban J connectivity index is 2.66. The summed E-state index contributed by atoms with van der Waals surface area (Å²) in [7, 11) is 0. The number of carboxylic acid groups (broad SMARTS) is 1. The molecule has 18 heavy (non-hydrogen) atoms. The van der Waals surface area contributed by atoms with Gasteiger partial charge in [0.25, 0.3) is 0 Å². The van der Waals surface area contributed by atoms with Gasteiger partial charge in [-0.3, -0.25) is 19.4 Å². The Hall–Kier alpha value is -2.09. The molecule has 0 aliphatic carbocycles. The van der Waals surface area contributed by atoms with Gasteiger partial charge < -0.3 is 10.4 Å². The Kier molecular flexibility index (Phi) is 5.12. The molecule has 0 saturated carbocycles. The quantitative estimate of drug-likeness (QED) is 0.575. The number of nitrogens with one attached hydrogen (secondary N) is 1. The summed E-state index contributed by atoms with van der Waals surface area (Å²) < 4.78 is 0. The molecule has 0 spiro atoms. The number of aliphatic imine (C=N–C) groups is 1. The molecule has 0 fully saturated rings. The minimum Gasteiger partial charge on any atom is -0.480 e. The second-order valence-electron chi connectivity index (χ2n) is 3.30. The first-order valence-electron chi connectivity index (χ1n) is 4.93. The normalized spacial score (nSPS) is 12.3. The van der Waals surface area contributed by atoms with Crippen LogP contribution in [0.2, 0.25) is 0 Å². The van der Waals surface area contributed by atoms with Crippen LogP contribution in [0.5, 0.6) is 0 Å². The van der Waals surface area contributed by atoms with Crippen molar-refractivity contribution >= 4 is 40.3 Å². The topological polar surface area (TPSA) is 109 Å². The number of rotatable bonds is 6. The van der Waals surface area contributed by atoms with E-state index in [0.29, 0.717) is 5.13 Å². The Morgan fingerprint density at radius 1 is 1.61 bits per heavy atom. The second-order valence-corrected chi connectivity index (χ2v) is 4.19. The number of carboxylic acids is 1. The van der Waals surface area contributed by atoms with Gasteiger partial charge in [0.05, 0.1) is 0 Å². The van der Waals surface area contributed by atoms with Gasteiger partial charge in [-0.15, -0.1) is 11.3 Å². The van der Waals surface area contributed by atoms with Crippen LogP contribution in [0.4, 0.5) is 5.13 Å². The van der Waals surface area contributed by atoms with Gasteiger partial charge in [0.2, 0.25) is 5.91 Å². The smallest absolute Gasteiger partial charge is 0.325 e. The number of anilines is 1. The van der Waals surface area contributed by atoms with E-state index in [1.807, 2.05) is 0 Å². The largest absolute Gasteiger partial charge is 0.480 e.